The Balaban J connectivity index is 0. The molecule has 0 saturated carbocycles. The molecule has 0 aliphatic carbocycles. The Bertz CT molecular complexity index is 144. The molecule has 12 heavy (non-hydrogen) atoms. The Labute approximate surface area is 85.4 Å². The second kappa shape index (κ2) is 10.2. The second-order valence-corrected chi connectivity index (χ2v) is 1.92. The third-order valence-corrected chi connectivity index (χ3v) is 1.11. The zero-order valence-electron chi connectivity index (χ0n) is 6.13. The average Bonchev–Trinajstić information content (AvgIpc) is 2.67. The van der Waals surface area contributed by atoms with Crippen LogP contribution in [0.3, 0.4) is 0 Å². The van der Waals surface area contributed by atoms with Crippen molar-refractivity contribution in [1.29, 1.82) is 0 Å². The molecule has 0 aliphatic rings. The normalized spacial score (nSPS) is 6.67. The number of hydrogen-bond donors (Lipinski definition) is 0. The van der Waals surface area contributed by atoms with Gasteiger partial charge in [-0.05, 0) is 0 Å². The van der Waals surface area contributed by atoms with Crippen molar-refractivity contribution in [2.45, 2.75) is 7.43 Å². The van der Waals surface area contributed by atoms with Crippen molar-refractivity contribution >= 4 is 0 Å². The average molecular weight is 202 g/mol. The minimum absolute atomic E-state index is 0. The summed E-state index contributed by atoms with van der Waals surface area (Å²) in [6.45, 7) is 0. The van der Waals surface area contributed by atoms with Crippen molar-refractivity contribution < 1.29 is 17.1 Å². The van der Waals surface area contributed by atoms with E-state index in [0.29, 0.717) is 0 Å². The molecule has 0 N–H and O–H groups in total. The van der Waals surface area contributed by atoms with Gasteiger partial charge in [-0.25, -0.2) is 12.1 Å². The molecule has 0 aliphatic heterocycles. The molecule has 2 aromatic rings. The summed E-state index contributed by atoms with van der Waals surface area (Å²) >= 11 is 0. The fourth-order valence-electron chi connectivity index (χ4n) is 0.642. The summed E-state index contributed by atoms with van der Waals surface area (Å²) in [5.41, 5.74) is 0. The van der Waals surface area contributed by atoms with Crippen LogP contribution in [-0.4, -0.2) is 0 Å². The van der Waals surface area contributed by atoms with Gasteiger partial charge < -0.3 is 30.3 Å². The summed E-state index contributed by atoms with van der Waals surface area (Å²) in [4.78, 5) is 0. The van der Waals surface area contributed by atoms with Crippen LogP contribution in [0.15, 0.2) is 60.7 Å². The van der Waals surface area contributed by atoms with E-state index < -0.39 is 0 Å². The molecule has 2 rings (SSSR count). The van der Waals surface area contributed by atoms with Crippen LogP contribution in [0.5, 0.6) is 0 Å². The van der Waals surface area contributed by atoms with Gasteiger partial charge in [0.2, 0.25) is 0 Å². The van der Waals surface area contributed by atoms with Crippen LogP contribution in [0.1, 0.15) is 7.43 Å². The molecular formula is C11H14Fe-6. The third-order valence-electron chi connectivity index (χ3n) is 1.11. The topological polar surface area (TPSA) is 0 Å². The molecule has 0 radical (unpaired) electrons. The summed E-state index contributed by atoms with van der Waals surface area (Å²) in [6, 6.07) is 20.0. The largest absolute Gasteiger partial charge is 0.748 e. The Kier molecular flexibility index (Phi) is 11.7. The number of rotatable bonds is 0. The predicted octanol–water partition coefficient (Wildman–Crippen LogP) is 3.44. The molecule has 72 valence electrons. The summed E-state index contributed by atoms with van der Waals surface area (Å²) < 4.78 is 0. The molecule has 0 amide bonds. The minimum Gasteiger partial charge on any atom is -0.748 e. The molecule has 0 bridgehead atoms. The van der Waals surface area contributed by atoms with Gasteiger partial charge in [0, 0.05) is 17.1 Å². The standard InChI is InChI=1S/2C5H5.CH4.Fe/c2*1-2-4-5-3-1;;/h2*1-5H;1H4;/q-5;-1;;. The molecule has 0 nitrogen and oxygen atoms in total. The molecule has 0 saturated heterocycles. The van der Waals surface area contributed by atoms with Crippen molar-refractivity contribution in [3.05, 3.63) is 60.7 Å². The number of hydrogen-bond acceptors (Lipinski definition) is 0. The molecule has 2 aromatic carbocycles. The van der Waals surface area contributed by atoms with Crippen molar-refractivity contribution in [3.63, 3.8) is 0 Å². The van der Waals surface area contributed by atoms with Crippen LogP contribution in [0.4, 0.5) is 0 Å². The summed E-state index contributed by atoms with van der Waals surface area (Å²) in [7, 11) is 0. The van der Waals surface area contributed by atoms with Crippen LogP contribution < -0.4 is 0 Å². The first-order valence-electron chi connectivity index (χ1n) is 3.33. The van der Waals surface area contributed by atoms with Gasteiger partial charge in [0.1, 0.15) is 0 Å². The van der Waals surface area contributed by atoms with Gasteiger partial charge in [0.15, 0.2) is 0 Å². The van der Waals surface area contributed by atoms with Gasteiger partial charge in [0.05, 0.1) is 0 Å². The first-order valence-corrected chi connectivity index (χ1v) is 3.33. The Hall–Kier alpha value is -0.781. The van der Waals surface area contributed by atoms with Crippen LogP contribution in [-0.2, 0) is 17.1 Å². The SMILES string of the molecule is C.[Fe].[cH-]1[cH-][cH-][cH-][cH-]1.c1cc[cH-]c1. The van der Waals surface area contributed by atoms with Gasteiger partial charge in [-0.3, -0.25) is 0 Å². The van der Waals surface area contributed by atoms with E-state index >= 15 is 0 Å². The third kappa shape index (κ3) is 7.33. The molecule has 0 atom stereocenters. The van der Waals surface area contributed by atoms with Crippen molar-refractivity contribution in [1.82, 2.24) is 0 Å². The van der Waals surface area contributed by atoms with Gasteiger partial charge in [0.25, 0.3) is 0 Å². The molecule has 0 spiro atoms. The first-order chi connectivity index (χ1) is 5.00. The maximum Gasteiger partial charge on any atom is 0 e. The maximum atomic E-state index is 2.00. The maximum absolute atomic E-state index is 2.00. The summed E-state index contributed by atoms with van der Waals surface area (Å²) in [6.07, 6.45) is 0. The summed E-state index contributed by atoms with van der Waals surface area (Å²) in [5, 5.41) is 0. The van der Waals surface area contributed by atoms with E-state index in [2.05, 4.69) is 0 Å². The molecule has 1 heteroatoms. The Morgan fingerprint density at radius 3 is 1.17 bits per heavy atom. The molecule has 0 heterocycles. The van der Waals surface area contributed by atoms with Gasteiger partial charge in [-0.15, -0.1) is 0 Å². The first kappa shape index (κ1) is 13.8. The van der Waals surface area contributed by atoms with Gasteiger partial charge in [-0.1, -0.05) is 7.43 Å². The fraction of sp³-hybridized carbons (Fsp3) is 0.0909. The van der Waals surface area contributed by atoms with E-state index in [1.165, 1.54) is 0 Å². The van der Waals surface area contributed by atoms with Crippen molar-refractivity contribution in [3.8, 4) is 0 Å². The van der Waals surface area contributed by atoms with Gasteiger partial charge >= 0.3 is 0 Å². The van der Waals surface area contributed by atoms with Crippen molar-refractivity contribution in [2.24, 2.45) is 0 Å². The fourth-order valence-corrected chi connectivity index (χ4v) is 0.642. The minimum atomic E-state index is 0. The van der Waals surface area contributed by atoms with Crippen LogP contribution >= 0.6 is 0 Å². The van der Waals surface area contributed by atoms with Crippen molar-refractivity contribution in [2.75, 3.05) is 0 Å². The smallest absolute Gasteiger partial charge is 0 e. The monoisotopic (exact) mass is 202 g/mol. The van der Waals surface area contributed by atoms with E-state index in [-0.39, 0.29) is 24.5 Å². The molecular weight excluding hydrogens is 188 g/mol. The zero-order chi connectivity index (χ0) is 7.07. The van der Waals surface area contributed by atoms with E-state index in [9.17, 15) is 0 Å². The van der Waals surface area contributed by atoms with E-state index in [0.717, 1.165) is 0 Å². The van der Waals surface area contributed by atoms with Gasteiger partial charge in [-0.2, -0.15) is 18.2 Å². The molecule has 0 fully saturated rings. The molecule has 0 unspecified atom stereocenters. The summed E-state index contributed by atoms with van der Waals surface area (Å²) in [5.74, 6) is 0. The molecule has 0 aromatic heterocycles. The van der Waals surface area contributed by atoms with Crippen LogP contribution in [0, 0.1) is 0 Å². The Morgan fingerprint density at radius 1 is 0.667 bits per heavy atom. The van der Waals surface area contributed by atoms with Crippen LogP contribution in [0.25, 0.3) is 0 Å². The quantitative estimate of drug-likeness (QED) is 0.453. The van der Waals surface area contributed by atoms with E-state index in [1.54, 1.807) is 0 Å². The van der Waals surface area contributed by atoms with E-state index in [1.807, 2.05) is 60.7 Å². The second-order valence-electron chi connectivity index (χ2n) is 1.92. The predicted molar refractivity (Wildman–Crippen MR) is 50.8 cm³/mol. The Morgan fingerprint density at radius 2 is 1.00 bits per heavy atom. The van der Waals surface area contributed by atoms with Crippen LogP contribution in [0.2, 0.25) is 0 Å². The zero-order valence-corrected chi connectivity index (χ0v) is 7.23. The van der Waals surface area contributed by atoms with E-state index in [4.69, 9.17) is 0 Å².